The molecule has 0 saturated carbocycles. The second-order valence-corrected chi connectivity index (χ2v) is 8.24. The number of amides is 1. The van der Waals surface area contributed by atoms with E-state index in [9.17, 15) is 14.7 Å². The van der Waals surface area contributed by atoms with Gasteiger partial charge in [0.2, 0.25) is 0 Å². The van der Waals surface area contributed by atoms with E-state index in [1.165, 1.54) is 0 Å². The number of H-pyrrole nitrogens is 1. The number of ether oxygens (including phenoxy) is 1. The molecule has 2 aromatic heterocycles. The Labute approximate surface area is 174 Å². The number of thiazole rings is 1. The number of carboxylic acids is 1. The summed E-state index contributed by atoms with van der Waals surface area (Å²) in [4.78, 5) is 37.7. The van der Waals surface area contributed by atoms with Gasteiger partial charge < -0.3 is 25.0 Å². The summed E-state index contributed by atoms with van der Waals surface area (Å²) >= 11 is 4.50. The van der Waals surface area contributed by atoms with E-state index in [4.69, 9.17) is 4.74 Å². The number of imidazole rings is 1. The first-order valence-corrected chi connectivity index (χ1v) is 10.5. The zero-order valence-corrected chi connectivity index (χ0v) is 18.2. The number of nitrogens with one attached hydrogen (secondary N) is 2. The van der Waals surface area contributed by atoms with Crippen LogP contribution in [0.15, 0.2) is 4.60 Å². The van der Waals surface area contributed by atoms with Gasteiger partial charge in [-0.3, -0.25) is 4.79 Å². The molecule has 0 spiro atoms. The molecule has 3 heterocycles. The number of aryl methyl sites for hydroxylation is 2. The molecule has 0 aliphatic carbocycles. The number of aromatic carboxylic acids is 1. The molecule has 0 radical (unpaired) electrons. The molecule has 11 heteroatoms. The standard InChI is InChI=1S/C17H22BrN5O4S/c1-4-9-13(18)22-14(20-9)15(24)21-10-5-6-23(7-11(10)27-3)17-19-8(2)12(28-17)16(25)26/h10-11H,4-7H2,1-3H3,(H,20,22)(H,21,24)(H,25,26)/t10-,11+/m1/s1. The Balaban J connectivity index is 1.68. The summed E-state index contributed by atoms with van der Waals surface area (Å²) in [5, 5.41) is 12.9. The van der Waals surface area contributed by atoms with Crippen LogP contribution in [0.5, 0.6) is 0 Å². The van der Waals surface area contributed by atoms with Crippen molar-refractivity contribution in [3.63, 3.8) is 0 Å². The largest absolute Gasteiger partial charge is 0.477 e. The first kappa shape index (κ1) is 20.7. The minimum Gasteiger partial charge on any atom is -0.477 e. The maximum atomic E-state index is 12.6. The number of nitrogens with zero attached hydrogens (tertiary/aromatic N) is 3. The van der Waals surface area contributed by atoms with E-state index in [1.807, 2.05) is 11.8 Å². The fourth-order valence-corrected chi connectivity index (χ4v) is 4.67. The van der Waals surface area contributed by atoms with Gasteiger partial charge in [-0.2, -0.15) is 0 Å². The van der Waals surface area contributed by atoms with Crippen molar-refractivity contribution < 1.29 is 19.4 Å². The van der Waals surface area contributed by atoms with Gasteiger partial charge in [0.1, 0.15) is 9.48 Å². The summed E-state index contributed by atoms with van der Waals surface area (Å²) in [6.07, 6.45) is 1.14. The number of hydrogen-bond acceptors (Lipinski definition) is 7. The highest BCUT2D eigenvalue weighted by Crippen LogP contribution is 2.29. The van der Waals surface area contributed by atoms with Gasteiger partial charge in [0.25, 0.3) is 5.91 Å². The quantitative estimate of drug-likeness (QED) is 0.590. The average Bonchev–Trinajstić information content (AvgIpc) is 3.24. The fraction of sp³-hybridized carbons (Fsp3) is 0.529. The predicted octanol–water partition coefficient (Wildman–Crippen LogP) is 2.22. The van der Waals surface area contributed by atoms with Crippen LogP contribution in [0.25, 0.3) is 0 Å². The Morgan fingerprint density at radius 1 is 1.46 bits per heavy atom. The fourth-order valence-electron chi connectivity index (χ4n) is 3.18. The van der Waals surface area contributed by atoms with Crippen molar-refractivity contribution in [2.24, 2.45) is 0 Å². The lowest BCUT2D eigenvalue weighted by Crippen LogP contribution is -2.55. The van der Waals surface area contributed by atoms with Crippen LogP contribution in [0, 0.1) is 6.92 Å². The summed E-state index contributed by atoms with van der Waals surface area (Å²) < 4.78 is 6.24. The van der Waals surface area contributed by atoms with Crippen molar-refractivity contribution in [1.82, 2.24) is 20.3 Å². The van der Waals surface area contributed by atoms with Crippen molar-refractivity contribution in [3.8, 4) is 0 Å². The first-order chi connectivity index (χ1) is 13.3. The predicted molar refractivity (Wildman–Crippen MR) is 108 cm³/mol. The maximum Gasteiger partial charge on any atom is 0.347 e. The van der Waals surface area contributed by atoms with Crippen LogP contribution < -0.4 is 10.2 Å². The summed E-state index contributed by atoms with van der Waals surface area (Å²) in [5.74, 6) is -0.982. The molecule has 9 nitrogen and oxygen atoms in total. The van der Waals surface area contributed by atoms with Crippen LogP contribution in [0.2, 0.25) is 0 Å². The molecule has 0 unspecified atom stereocenters. The normalized spacial score (nSPS) is 19.6. The van der Waals surface area contributed by atoms with E-state index < -0.39 is 5.97 Å². The molecule has 1 saturated heterocycles. The topological polar surface area (TPSA) is 120 Å². The molecule has 0 aromatic carbocycles. The highest BCUT2D eigenvalue weighted by atomic mass is 79.9. The number of hydrogen-bond donors (Lipinski definition) is 3. The van der Waals surface area contributed by atoms with Gasteiger partial charge in [-0.15, -0.1) is 0 Å². The van der Waals surface area contributed by atoms with Crippen LogP contribution in [0.4, 0.5) is 5.13 Å². The van der Waals surface area contributed by atoms with Gasteiger partial charge in [-0.05, 0) is 35.7 Å². The van der Waals surface area contributed by atoms with Crippen molar-refractivity contribution in [1.29, 1.82) is 0 Å². The summed E-state index contributed by atoms with van der Waals surface area (Å²) in [6.45, 7) is 4.82. The number of carboxylic acid groups (broad SMARTS) is 1. The number of carbonyl (C=O) groups excluding carboxylic acids is 1. The van der Waals surface area contributed by atoms with Crippen molar-refractivity contribution in [2.45, 2.75) is 38.8 Å². The van der Waals surface area contributed by atoms with E-state index in [2.05, 4.69) is 36.2 Å². The molecule has 0 bridgehead atoms. The van der Waals surface area contributed by atoms with Gasteiger partial charge in [-0.25, -0.2) is 14.8 Å². The first-order valence-electron chi connectivity index (χ1n) is 8.87. The van der Waals surface area contributed by atoms with Crippen LogP contribution >= 0.6 is 27.3 Å². The zero-order chi connectivity index (χ0) is 20.4. The number of halogens is 1. The molecule has 1 aliphatic rings. The monoisotopic (exact) mass is 471 g/mol. The number of anilines is 1. The van der Waals surface area contributed by atoms with Crippen molar-refractivity contribution >= 4 is 44.3 Å². The van der Waals surface area contributed by atoms with E-state index >= 15 is 0 Å². The van der Waals surface area contributed by atoms with E-state index in [0.29, 0.717) is 34.9 Å². The molecular formula is C17H22BrN5O4S. The lowest BCUT2D eigenvalue weighted by Gasteiger charge is -2.37. The number of rotatable bonds is 6. The second kappa shape index (κ2) is 8.58. The number of carbonyl (C=O) groups is 2. The Bertz CT molecular complexity index is 883. The van der Waals surface area contributed by atoms with E-state index in [0.717, 1.165) is 23.5 Å². The lowest BCUT2D eigenvalue weighted by molar-refractivity contribution is 0.0538. The molecule has 3 N–H and O–H groups in total. The number of methoxy groups -OCH3 is 1. The molecule has 152 valence electrons. The molecule has 2 atom stereocenters. The minimum atomic E-state index is -0.970. The molecule has 2 aromatic rings. The number of aromatic nitrogens is 3. The van der Waals surface area contributed by atoms with E-state index in [1.54, 1.807) is 14.0 Å². The molecule has 1 amide bonds. The van der Waals surface area contributed by atoms with Gasteiger partial charge in [0.05, 0.1) is 17.8 Å². The van der Waals surface area contributed by atoms with Crippen LogP contribution in [-0.2, 0) is 11.2 Å². The van der Waals surface area contributed by atoms with Crippen molar-refractivity contribution in [2.75, 3.05) is 25.1 Å². The highest BCUT2D eigenvalue weighted by molar-refractivity contribution is 9.10. The third-order valence-electron chi connectivity index (χ3n) is 4.73. The third kappa shape index (κ3) is 4.20. The third-order valence-corrected chi connectivity index (χ3v) is 6.59. The Hall–Kier alpha value is -1.98. The summed E-state index contributed by atoms with van der Waals surface area (Å²) in [7, 11) is 1.60. The van der Waals surface area contributed by atoms with Gasteiger partial charge in [0.15, 0.2) is 11.0 Å². The summed E-state index contributed by atoms with van der Waals surface area (Å²) in [5.41, 5.74) is 1.38. The average molecular weight is 472 g/mol. The SMILES string of the molecule is CCc1[nH]c(C(=O)N[C@@H]2CCN(c3nc(C)c(C(=O)O)s3)C[C@@H]2OC)nc1Br. The Morgan fingerprint density at radius 2 is 2.21 bits per heavy atom. The number of piperidine rings is 1. The van der Waals surface area contributed by atoms with Crippen LogP contribution in [-0.4, -0.2) is 64.3 Å². The highest BCUT2D eigenvalue weighted by Gasteiger charge is 2.33. The maximum absolute atomic E-state index is 12.6. The molecule has 28 heavy (non-hydrogen) atoms. The zero-order valence-electron chi connectivity index (χ0n) is 15.8. The number of aromatic amines is 1. The Kier molecular flexibility index (Phi) is 6.36. The summed E-state index contributed by atoms with van der Waals surface area (Å²) in [6, 6.07) is -0.178. The van der Waals surface area contributed by atoms with E-state index in [-0.39, 0.29) is 28.8 Å². The smallest absolute Gasteiger partial charge is 0.347 e. The minimum absolute atomic E-state index is 0.178. The van der Waals surface area contributed by atoms with Gasteiger partial charge in [-0.1, -0.05) is 18.3 Å². The molecule has 3 rings (SSSR count). The molecule has 1 aliphatic heterocycles. The van der Waals surface area contributed by atoms with Crippen LogP contribution in [0.1, 0.15) is 45.0 Å². The lowest BCUT2D eigenvalue weighted by atomic mass is 10.0. The molecule has 1 fully saturated rings. The van der Waals surface area contributed by atoms with Crippen molar-refractivity contribution in [3.05, 3.63) is 26.7 Å². The Morgan fingerprint density at radius 3 is 2.79 bits per heavy atom. The second-order valence-electron chi connectivity index (χ2n) is 6.51. The van der Waals surface area contributed by atoms with Gasteiger partial charge >= 0.3 is 5.97 Å². The molecular weight excluding hydrogens is 450 g/mol. The van der Waals surface area contributed by atoms with Gasteiger partial charge in [0, 0.05) is 25.9 Å². The van der Waals surface area contributed by atoms with Crippen LogP contribution in [0.3, 0.4) is 0 Å².